The van der Waals surface area contributed by atoms with Crippen LogP contribution < -0.4 is 10.6 Å². The molecule has 208 valence electrons. The van der Waals surface area contributed by atoms with Crippen molar-refractivity contribution in [3.8, 4) is 0 Å². The van der Waals surface area contributed by atoms with Gasteiger partial charge in [0.25, 0.3) is 5.91 Å². The highest BCUT2D eigenvalue weighted by atomic mass is 16.5. The van der Waals surface area contributed by atoms with E-state index in [1.807, 2.05) is 30.3 Å². The molecule has 1 aromatic carbocycles. The SMILES string of the molecule is COC(=O)CCCCCCC(=O)Nc1cccc(Nc2ncc3cc(C(=O)N(C)C)n(C4CCCC4)c3n2)c1. The molecular formula is C29H38N6O4. The largest absolute Gasteiger partial charge is 0.469 e. The van der Waals surface area contributed by atoms with Gasteiger partial charge in [0, 0.05) is 55.9 Å². The van der Waals surface area contributed by atoms with Crippen molar-refractivity contribution in [2.24, 2.45) is 0 Å². The average molecular weight is 535 g/mol. The molecule has 3 aromatic rings. The molecule has 10 nitrogen and oxygen atoms in total. The fourth-order valence-electron chi connectivity index (χ4n) is 5.03. The van der Waals surface area contributed by atoms with Gasteiger partial charge in [-0.1, -0.05) is 31.7 Å². The quantitative estimate of drug-likeness (QED) is 0.234. The van der Waals surface area contributed by atoms with Crippen LogP contribution in [0.5, 0.6) is 0 Å². The Hall–Kier alpha value is -3.95. The van der Waals surface area contributed by atoms with Crippen molar-refractivity contribution in [3.05, 3.63) is 42.2 Å². The van der Waals surface area contributed by atoms with E-state index in [0.717, 1.165) is 68.1 Å². The van der Waals surface area contributed by atoms with Gasteiger partial charge < -0.3 is 24.8 Å². The highest BCUT2D eigenvalue weighted by Gasteiger charge is 2.26. The molecule has 2 N–H and O–H groups in total. The molecule has 0 unspecified atom stereocenters. The van der Waals surface area contributed by atoms with Crippen LogP contribution in [0.15, 0.2) is 36.5 Å². The fraction of sp³-hybridized carbons (Fsp3) is 0.483. The number of hydrogen-bond donors (Lipinski definition) is 2. The predicted molar refractivity (Wildman–Crippen MR) is 151 cm³/mol. The molecule has 0 bridgehead atoms. The van der Waals surface area contributed by atoms with Gasteiger partial charge in [-0.3, -0.25) is 14.4 Å². The number of amides is 2. The van der Waals surface area contributed by atoms with Gasteiger partial charge in [0.1, 0.15) is 11.3 Å². The van der Waals surface area contributed by atoms with Gasteiger partial charge in [-0.15, -0.1) is 0 Å². The van der Waals surface area contributed by atoms with Gasteiger partial charge >= 0.3 is 5.97 Å². The van der Waals surface area contributed by atoms with Crippen molar-refractivity contribution in [1.29, 1.82) is 0 Å². The zero-order chi connectivity index (χ0) is 27.8. The molecule has 1 saturated carbocycles. The number of ether oxygens (including phenoxy) is 1. The molecule has 1 aliphatic carbocycles. The molecule has 2 heterocycles. The first-order chi connectivity index (χ1) is 18.9. The first-order valence-corrected chi connectivity index (χ1v) is 13.7. The van der Waals surface area contributed by atoms with E-state index in [2.05, 4.69) is 24.9 Å². The van der Waals surface area contributed by atoms with Crippen LogP contribution in [0.3, 0.4) is 0 Å². The summed E-state index contributed by atoms with van der Waals surface area (Å²) in [6.07, 6.45) is 10.2. The minimum absolute atomic E-state index is 0.0425. The van der Waals surface area contributed by atoms with E-state index >= 15 is 0 Å². The first kappa shape index (κ1) is 28.1. The van der Waals surface area contributed by atoms with E-state index in [1.165, 1.54) is 7.11 Å². The Morgan fingerprint density at radius 1 is 1.03 bits per heavy atom. The van der Waals surface area contributed by atoms with Crippen molar-refractivity contribution in [1.82, 2.24) is 19.4 Å². The topological polar surface area (TPSA) is 118 Å². The van der Waals surface area contributed by atoms with Gasteiger partial charge in [-0.25, -0.2) is 4.98 Å². The molecule has 2 aromatic heterocycles. The average Bonchev–Trinajstić information content (AvgIpc) is 3.57. The maximum Gasteiger partial charge on any atom is 0.305 e. The Kier molecular flexibility index (Phi) is 9.51. The minimum atomic E-state index is -0.196. The lowest BCUT2D eigenvalue weighted by Crippen LogP contribution is -2.25. The number of methoxy groups -OCH3 is 1. The van der Waals surface area contributed by atoms with Crippen LogP contribution >= 0.6 is 0 Å². The Morgan fingerprint density at radius 3 is 2.46 bits per heavy atom. The molecule has 1 aliphatic rings. The molecule has 1 fully saturated rings. The number of benzene rings is 1. The van der Waals surface area contributed by atoms with E-state index in [1.54, 1.807) is 25.2 Å². The number of carbonyl (C=O) groups is 3. The summed E-state index contributed by atoms with van der Waals surface area (Å²) < 4.78 is 6.73. The van der Waals surface area contributed by atoms with Gasteiger partial charge in [-0.2, -0.15) is 4.98 Å². The van der Waals surface area contributed by atoms with E-state index in [0.29, 0.717) is 30.2 Å². The van der Waals surface area contributed by atoms with Crippen molar-refractivity contribution in [2.45, 2.75) is 70.3 Å². The number of nitrogens with zero attached hydrogens (tertiary/aromatic N) is 4. The zero-order valence-corrected chi connectivity index (χ0v) is 23.0. The zero-order valence-electron chi connectivity index (χ0n) is 23.0. The Labute approximate surface area is 229 Å². The molecule has 0 spiro atoms. The normalized spacial score (nSPS) is 13.4. The number of esters is 1. The summed E-state index contributed by atoms with van der Waals surface area (Å²) in [4.78, 5) is 47.4. The molecule has 0 atom stereocenters. The fourth-order valence-corrected chi connectivity index (χ4v) is 5.03. The third-order valence-corrected chi connectivity index (χ3v) is 7.06. The molecule has 0 aliphatic heterocycles. The number of anilines is 3. The Morgan fingerprint density at radius 2 is 1.74 bits per heavy atom. The third kappa shape index (κ3) is 7.34. The van der Waals surface area contributed by atoms with Gasteiger partial charge in [0.15, 0.2) is 0 Å². The monoisotopic (exact) mass is 534 g/mol. The smallest absolute Gasteiger partial charge is 0.305 e. The van der Waals surface area contributed by atoms with Gasteiger partial charge in [0.2, 0.25) is 11.9 Å². The highest BCUT2D eigenvalue weighted by molar-refractivity contribution is 5.98. The molecule has 10 heteroatoms. The third-order valence-electron chi connectivity index (χ3n) is 7.06. The number of unbranched alkanes of at least 4 members (excludes halogenated alkanes) is 3. The second kappa shape index (κ2) is 13.2. The summed E-state index contributed by atoms with van der Waals surface area (Å²) in [6.45, 7) is 0. The lowest BCUT2D eigenvalue weighted by Gasteiger charge is -2.19. The van der Waals surface area contributed by atoms with Crippen molar-refractivity contribution in [2.75, 3.05) is 31.8 Å². The number of rotatable bonds is 12. The lowest BCUT2D eigenvalue weighted by atomic mass is 10.1. The summed E-state index contributed by atoms with van der Waals surface area (Å²) in [5, 5.41) is 7.03. The summed E-state index contributed by atoms with van der Waals surface area (Å²) in [7, 11) is 4.91. The number of hydrogen-bond acceptors (Lipinski definition) is 7. The van der Waals surface area contributed by atoms with Crippen LogP contribution in [0.2, 0.25) is 0 Å². The van der Waals surface area contributed by atoms with E-state index in [9.17, 15) is 14.4 Å². The Balaban J connectivity index is 1.40. The predicted octanol–water partition coefficient (Wildman–Crippen LogP) is 5.44. The van der Waals surface area contributed by atoms with Gasteiger partial charge in [-0.05, 0) is 49.9 Å². The van der Waals surface area contributed by atoms with Crippen LogP contribution in [-0.4, -0.2) is 58.4 Å². The summed E-state index contributed by atoms with van der Waals surface area (Å²) in [6, 6.07) is 9.57. The molecule has 39 heavy (non-hydrogen) atoms. The van der Waals surface area contributed by atoms with E-state index in [4.69, 9.17) is 4.98 Å². The van der Waals surface area contributed by atoms with E-state index in [-0.39, 0.29) is 23.8 Å². The van der Waals surface area contributed by atoms with Crippen LogP contribution in [0.1, 0.15) is 80.7 Å². The Bertz CT molecular complexity index is 1310. The van der Waals surface area contributed by atoms with E-state index < -0.39 is 0 Å². The van der Waals surface area contributed by atoms with Crippen molar-refractivity contribution >= 4 is 46.1 Å². The molecular weight excluding hydrogens is 496 g/mol. The van der Waals surface area contributed by atoms with Crippen LogP contribution in [0.25, 0.3) is 11.0 Å². The van der Waals surface area contributed by atoms with Gasteiger partial charge in [0.05, 0.1) is 7.11 Å². The summed E-state index contributed by atoms with van der Waals surface area (Å²) in [5.74, 6) is 0.141. The number of carbonyl (C=O) groups excluding carboxylic acids is 3. The number of fused-ring (bicyclic) bond motifs is 1. The minimum Gasteiger partial charge on any atom is -0.469 e. The number of nitrogens with one attached hydrogen (secondary N) is 2. The maximum atomic E-state index is 12.9. The second-order valence-corrected chi connectivity index (χ2v) is 10.3. The van der Waals surface area contributed by atoms with Crippen LogP contribution in [0, 0.1) is 0 Å². The molecule has 0 saturated heterocycles. The maximum absolute atomic E-state index is 12.9. The second-order valence-electron chi connectivity index (χ2n) is 10.3. The summed E-state index contributed by atoms with van der Waals surface area (Å²) in [5.41, 5.74) is 2.82. The molecule has 2 amide bonds. The van der Waals surface area contributed by atoms with Crippen LogP contribution in [-0.2, 0) is 14.3 Å². The lowest BCUT2D eigenvalue weighted by molar-refractivity contribution is -0.140. The number of aromatic nitrogens is 3. The van der Waals surface area contributed by atoms with Crippen LogP contribution in [0.4, 0.5) is 17.3 Å². The first-order valence-electron chi connectivity index (χ1n) is 13.7. The van der Waals surface area contributed by atoms with Crippen molar-refractivity contribution < 1.29 is 19.1 Å². The standard InChI is InChI=1S/C29H38N6O4/c1-34(2)28(38)24-17-20-19-30-29(33-27(20)35(24)23-13-8-9-14-23)32-22-12-10-11-21(18-22)31-25(36)15-6-4-5-7-16-26(37)39-3/h10-12,17-19,23H,4-9,13-16H2,1-3H3,(H,31,36)(H,30,32,33). The molecule has 0 radical (unpaired) electrons. The summed E-state index contributed by atoms with van der Waals surface area (Å²) >= 11 is 0. The van der Waals surface area contributed by atoms with Crippen molar-refractivity contribution in [3.63, 3.8) is 0 Å². The molecule has 4 rings (SSSR count). The highest BCUT2D eigenvalue weighted by Crippen LogP contribution is 2.35.